The van der Waals surface area contributed by atoms with Crippen molar-refractivity contribution in [1.82, 2.24) is 15.5 Å². The van der Waals surface area contributed by atoms with Gasteiger partial charge in [0.15, 0.2) is 11.5 Å². The molecule has 0 aliphatic carbocycles. The first-order chi connectivity index (χ1) is 14.5. The summed E-state index contributed by atoms with van der Waals surface area (Å²) in [5.74, 6) is 0.410. The molecule has 2 atom stereocenters. The first-order valence-electron chi connectivity index (χ1n) is 9.88. The number of ether oxygens (including phenoxy) is 2. The third-order valence-corrected chi connectivity index (χ3v) is 5.37. The highest BCUT2D eigenvalue weighted by Crippen LogP contribution is 2.32. The summed E-state index contributed by atoms with van der Waals surface area (Å²) in [6.07, 6.45) is 0.0258. The van der Waals surface area contributed by atoms with Crippen molar-refractivity contribution in [2.75, 3.05) is 19.7 Å². The van der Waals surface area contributed by atoms with Crippen LogP contribution in [0.15, 0.2) is 54.6 Å². The van der Waals surface area contributed by atoms with Gasteiger partial charge in [-0.1, -0.05) is 49.4 Å². The van der Waals surface area contributed by atoms with E-state index in [0.717, 1.165) is 4.90 Å². The minimum atomic E-state index is -1.15. The molecule has 156 valence electrons. The van der Waals surface area contributed by atoms with Crippen LogP contribution in [0.25, 0.3) is 0 Å². The average molecular weight is 409 g/mol. The Hall–Kier alpha value is -3.55. The zero-order valence-corrected chi connectivity index (χ0v) is 16.6. The Kier molecular flexibility index (Phi) is 5.31. The van der Waals surface area contributed by atoms with Crippen molar-refractivity contribution in [3.8, 4) is 11.5 Å². The normalized spacial score (nSPS) is 22.6. The van der Waals surface area contributed by atoms with Crippen LogP contribution >= 0.6 is 0 Å². The lowest BCUT2D eigenvalue weighted by Gasteiger charge is -2.27. The SMILES string of the molecule is CC[C@]1(c2ccccc2)NC(=O)N(CC(=O)NC[C@H]2COc3ccccc3O2)C1=O. The second-order valence-electron chi connectivity index (χ2n) is 7.25. The van der Waals surface area contributed by atoms with Crippen LogP contribution in [0.5, 0.6) is 11.5 Å². The van der Waals surface area contributed by atoms with Gasteiger partial charge in [-0.15, -0.1) is 0 Å². The molecule has 0 saturated carbocycles. The van der Waals surface area contributed by atoms with Gasteiger partial charge in [0.05, 0.1) is 6.54 Å². The number of rotatable bonds is 6. The van der Waals surface area contributed by atoms with E-state index in [1.165, 1.54) is 0 Å². The van der Waals surface area contributed by atoms with Gasteiger partial charge in [-0.25, -0.2) is 4.79 Å². The monoisotopic (exact) mass is 409 g/mol. The molecular formula is C22H23N3O5. The smallest absolute Gasteiger partial charge is 0.325 e. The van der Waals surface area contributed by atoms with E-state index in [4.69, 9.17) is 9.47 Å². The number of para-hydroxylation sites is 2. The lowest BCUT2D eigenvalue weighted by atomic mass is 9.87. The first kappa shape index (κ1) is 19.8. The molecule has 0 bridgehead atoms. The zero-order valence-electron chi connectivity index (χ0n) is 16.6. The Morgan fingerprint density at radius 3 is 2.57 bits per heavy atom. The Bertz CT molecular complexity index is 964. The van der Waals surface area contributed by atoms with Crippen molar-refractivity contribution in [2.45, 2.75) is 25.0 Å². The molecule has 2 heterocycles. The number of hydrogen-bond acceptors (Lipinski definition) is 5. The van der Waals surface area contributed by atoms with Crippen molar-refractivity contribution in [2.24, 2.45) is 0 Å². The van der Waals surface area contributed by atoms with Crippen LogP contribution in [0.4, 0.5) is 4.79 Å². The zero-order chi connectivity index (χ0) is 21.1. The second kappa shape index (κ2) is 8.06. The van der Waals surface area contributed by atoms with E-state index < -0.39 is 23.4 Å². The van der Waals surface area contributed by atoms with Crippen LogP contribution in [-0.4, -0.2) is 48.5 Å². The second-order valence-corrected chi connectivity index (χ2v) is 7.25. The van der Waals surface area contributed by atoms with E-state index in [2.05, 4.69) is 10.6 Å². The molecule has 4 rings (SSSR count). The van der Waals surface area contributed by atoms with E-state index in [0.29, 0.717) is 30.1 Å². The van der Waals surface area contributed by atoms with E-state index in [1.807, 2.05) is 43.3 Å². The molecule has 2 aromatic rings. The van der Waals surface area contributed by atoms with E-state index in [1.54, 1.807) is 18.2 Å². The van der Waals surface area contributed by atoms with E-state index in [9.17, 15) is 14.4 Å². The summed E-state index contributed by atoms with van der Waals surface area (Å²) in [7, 11) is 0. The molecule has 1 saturated heterocycles. The number of fused-ring (bicyclic) bond motifs is 1. The average Bonchev–Trinajstić information content (AvgIpc) is 3.03. The first-order valence-corrected chi connectivity index (χ1v) is 9.88. The molecule has 2 aromatic carbocycles. The van der Waals surface area contributed by atoms with Crippen LogP contribution in [0.2, 0.25) is 0 Å². The predicted octanol–water partition coefficient (Wildman–Crippen LogP) is 1.80. The maximum absolute atomic E-state index is 13.1. The van der Waals surface area contributed by atoms with Gasteiger partial charge in [-0.2, -0.15) is 0 Å². The van der Waals surface area contributed by atoms with Gasteiger partial charge in [0.25, 0.3) is 5.91 Å². The van der Waals surface area contributed by atoms with Crippen molar-refractivity contribution in [3.63, 3.8) is 0 Å². The van der Waals surface area contributed by atoms with Gasteiger partial charge < -0.3 is 20.1 Å². The number of amides is 4. The van der Waals surface area contributed by atoms with Gasteiger partial charge in [0, 0.05) is 0 Å². The van der Waals surface area contributed by atoms with Crippen molar-refractivity contribution in [3.05, 3.63) is 60.2 Å². The number of hydrogen-bond donors (Lipinski definition) is 2. The minimum absolute atomic E-state index is 0.203. The number of urea groups is 1. The number of carbonyl (C=O) groups excluding carboxylic acids is 3. The summed E-state index contributed by atoms with van der Waals surface area (Å²) < 4.78 is 11.4. The van der Waals surface area contributed by atoms with Crippen molar-refractivity contribution >= 4 is 17.8 Å². The Balaban J connectivity index is 1.37. The standard InChI is InChI=1S/C22H23N3O5/c1-2-22(15-8-4-3-5-9-15)20(27)25(21(28)24-22)13-19(26)23-12-16-14-29-17-10-6-7-11-18(17)30-16/h3-11,16H,2,12-14H2,1H3,(H,23,26)(H,24,28)/t16-,22+/m0/s1. The van der Waals surface area contributed by atoms with Crippen molar-refractivity contribution < 1.29 is 23.9 Å². The van der Waals surface area contributed by atoms with Crippen LogP contribution < -0.4 is 20.1 Å². The maximum atomic E-state index is 13.1. The molecule has 8 nitrogen and oxygen atoms in total. The Morgan fingerprint density at radius 1 is 1.13 bits per heavy atom. The fourth-order valence-corrected chi connectivity index (χ4v) is 3.72. The highest BCUT2D eigenvalue weighted by atomic mass is 16.6. The molecule has 8 heteroatoms. The largest absolute Gasteiger partial charge is 0.486 e. The molecule has 2 aliphatic heterocycles. The molecule has 0 aromatic heterocycles. The Labute approximate surface area is 174 Å². The predicted molar refractivity (Wildman–Crippen MR) is 108 cm³/mol. The lowest BCUT2D eigenvalue weighted by molar-refractivity contribution is -0.135. The Morgan fingerprint density at radius 2 is 1.83 bits per heavy atom. The molecule has 1 fully saturated rings. The van der Waals surface area contributed by atoms with Gasteiger partial charge in [-0.05, 0) is 24.1 Å². The highest BCUT2D eigenvalue weighted by Gasteiger charge is 2.51. The van der Waals surface area contributed by atoms with Gasteiger partial charge in [0.1, 0.15) is 24.8 Å². The fourth-order valence-electron chi connectivity index (χ4n) is 3.72. The molecule has 2 N–H and O–H groups in total. The lowest BCUT2D eigenvalue weighted by Crippen LogP contribution is -2.46. The number of carbonyl (C=O) groups is 3. The summed E-state index contributed by atoms with van der Waals surface area (Å²) in [5.41, 5.74) is -0.456. The van der Waals surface area contributed by atoms with Gasteiger partial charge in [-0.3, -0.25) is 14.5 Å². The molecule has 2 aliphatic rings. The molecule has 0 spiro atoms. The highest BCUT2D eigenvalue weighted by molar-refractivity contribution is 6.09. The molecule has 0 unspecified atom stereocenters. The van der Waals surface area contributed by atoms with Crippen molar-refractivity contribution in [1.29, 1.82) is 0 Å². The van der Waals surface area contributed by atoms with E-state index >= 15 is 0 Å². The molecule has 30 heavy (non-hydrogen) atoms. The number of benzene rings is 2. The van der Waals surface area contributed by atoms with Gasteiger partial charge >= 0.3 is 6.03 Å². The van der Waals surface area contributed by atoms with Gasteiger partial charge in [0.2, 0.25) is 5.91 Å². The number of nitrogens with one attached hydrogen (secondary N) is 2. The summed E-state index contributed by atoms with van der Waals surface area (Å²) in [6, 6.07) is 15.8. The van der Waals surface area contributed by atoms with Crippen LogP contribution in [0.3, 0.4) is 0 Å². The summed E-state index contributed by atoms with van der Waals surface area (Å²) >= 11 is 0. The molecule has 4 amide bonds. The van der Waals surface area contributed by atoms with Crippen LogP contribution in [0.1, 0.15) is 18.9 Å². The molecule has 0 radical (unpaired) electrons. The third-order valence-electron chi connectivity index (χ3n) is 5.37. The third kappa shape index (κ3) is 3.56. The fraction of sp³-hybridized carbons (Fsp3) is 0.318. The van der Waals surface area contributed by atoms with Crippen LogP contribution in [0, 0.1) is 0 Å². The molecular weight excluding hydrogens is 386 g/mol. The summed E-state index contributed by atoms with van der Waals surface area (Å²) in [4.78, 5) is 38.9. The number of imide groups is 1. The maximum Gasteiger partial charge on any atom is 0.325 e. The quantitative estimate of drug-likeness (QED) is 0.709. The van der Waals surface area contributed by atoms with E-state index in [-0.39, 0.29) is 19.2 Å². The summed E-state index contributed by atoms with van der Waals surface area (Å²) in [5, 5.41) is 5.49. The topological polar surface area (TPSA) is 97.0 Å². The summed E-state index contributed by atoms with van der Waals surface area (Å²) in [6.45, 7) is 1.97. The minimum Gasteiger partial charge on any atom is -0.486 e. The number of nitrogens with zero attached hydrogens (tertiary/aromatic N) is 1. The van der Waals surface area contributed by atoms with Crippen LogP contribution in [-0.2, 0) is 15.1 Å².